The molecule has 2 aliphatic heterocycles. The lowest BCUT2D eigenvalue weighted by molar-refractivity contribution is -0.135. The number of nitrogens with zero attached hydrogens (tertiary/aromatic N) is 3. The Morgan fingerprint density at radius 3 is 2.32 bits per heavy atom. The molecule has 2 aliphatic rings. The van der Waals surface area contributed by atoms with E-state index in [0.29, 0.717) is 13.1 Å². The Balaban J connectivity index is 1.53. The summed E-state index contributed by atoms with van der Waals surface area (Å²) in [5.74, 6) is 0.0615. The van der Waals surface area contributed by atoms with Crippen LogP contribution in [-0.4, -0.2) is 66.7 Å². The molecule has 0 saturated carbocycles. The summed E-state index contributed by atoms with van der Waals surface area (Å²) < 4.78 is 5.43. The first kappa shape index (κ1) is 20.5. The van der Waals surface area contributed by atoms with Gasteiger partial charge < -0.3 is 19.4 Å². The zero-order valence-electron chi connectivity index (χ0n) is 17.8. The third kappa shape index (κ3) is 4.59. The van der Waals surface area contributed by atoms with Crippen LogP contribution in [0.4, 0.5) is 10.5 Å². The van der Waals surface area contributed by atoms with Crippen molar-refractivity contribution in [2.24, 2.45) is 5.92 Å². The van der Waals surface area contributed by atoms with Crippen molar-refractivity contribution in [1.82, 2.24) is 9.80 Å². The highest BCUT2D eigenvalue weighted by atomic mass is 16.6. The van der Waals surface area contributed by atoms with E-state index < -0.39 is 5.60 Å². The predicted molar refractivity (Wildman–Crippen MR) is 111 cm³/mol. The molecule has 6 nitrogen and oxygen atoms in total. The maximum Gasteiger partial charge on any atom is 0.410 e. The van der Waals surface area contributed by atoms with E-state index in [1.165, 1.54) is 16.8 Å². The first-order valence-electron chi connectivity index (χ1n) is 10.2. The van der Waals surface area contributed by atoms with Crippen molar-refractivity contribution in [3.63, 3.8) is 0 Å². The van der Waals surface area contributed by atoms with Gasteiger partial charge in [0.05, 0.1) is 5.92 Å². The number of likely N-dealkylation sites (tertiary alicyclic amines) is 1. The summed E-state index contributed by atoms with van der Waals surface area (Å²) in [6, 6.07) is 6.39. The van der Waals surface area contributed by atoms with Crippen LogP contribution in [-0.2, 0) is 9.53 Å². The minimum atomic E-state index is -0.510. The van der Waals surface area contributed by atoms with Crippen LogP contribution in [0.3, 0.4) is 0 Å². The molecule has 0 spiro atoms. The van der Waals surface area contributed by atoms with E-state index in [2.05, 4.69) is 36.9 Å². The quantitative estimate of drug-likeness (QED) is 0.782. The monoisotopic (exact) mass is 387 g/mol. The Bertz CT molecular complexity index is 733. The molecule has 3 rings (SSSR count). The van der Waals surface area contributed by atoms with Crippen molar-refractivity contribution in [2.75, 3.05) is 44.2 Å². The second kappa shape index (κ2) is 8.02. The molecule has 6 heteroatoms. The molecule has 0 aromatic heterocycles. The average Bonchev–Trinajstić information content (AvgIpc) is 3.13. The topological polar surface area (TPSA) is 53.1 Å². The lowest BCUT2D eigenvalue weighted by Gasteiger charge is -2.38. The third-order valence-electron chi connectivity index (χ3n) is 5.70. The maximum absolute atomic E-state index is 12.9. The summed E-state index contributed by atoms with van der Waals surface area (Å²) in [5.41, 5.74) is 3.36. The van der Waals surface area contributed by atoms with Gasteiger partial charge in [0.1, 0.15) is 5.60 Å². The molecular formula is C22H33N3O3. The van der Waals surface area contributed by atoms with Crippen molar-refractivity contribution >= 4 is 17.7 Å². The van der Waals surface area contributed by atoms with Gasteiger partial charge in [-0.15, -0.1) is 0 Å². The van der Waals surface area contributed by atoms with Crippen LogP contribution < -0.4 is 4.90 Å². The van der Waals surface area contributed by atoms with Crippen molar-refractivity contribution in [2.45, 2.75) is 46.6 Å². The molecule has 2 saturated heterocycles. The first-order valence-corrected chi connectivity index (χ1v) is 10.2. The maximum atomic E-state index is 12.9. The molecule has 154 valence electrons. The Labute approximate surface area is 168 Å². The standard InChI is InChI=1S/C22H33N3O3/c1-16-7-6-8-19(17(16)2)23-11-13-24(14-12-23)20(26)18-9-10-25(15-18)21(27)28-22(3,4)5/h6-8,18H,9-15H2,1-5H3. The molecule has 2 fully saturated rings. The van der Waals surface area contributed by atoms with Crippen LogP contribution in [0.5, 0.6) is 0 Å². The second-order valence-electron chi connectivity index (χ2n) is 8.94. The van der Waals surface area contributed by atoms with E-state index in [0.717, 1.165) is 32.6 Å². The highest BCUT2D eigenvalue weighted by Gasteiger charge is 2.36. The lowest BCUT2D eigenvalue weighted by Crippen LogP contribution is -2.51. The minimum Gasteiger partial charge on any atom is -0.444 e. The highest BCUT2D eigenvalue weighted by Crippen LogP contribution is 2.26. The first-order chi connectivity index (χ1) is 13.2. The van der Waals surface area contributed by atoms with Crippen LogP contribution in [0.25, 0.3) is 0 Å². The van der Waals surface area contributed by atoms with Gasteiger partial charge in [0.2, 0.25) is 5.91 Å². The fraction of sp³-hybridized carbons (Fsp3) is 0.636. The summed E-state index contributed by atoms with van der Waals surface area (Å²) in [6.45, 7) is 14.1. The van der Waals surface area contributed by atoms with E-state index in [1.54, 1.807) is 4.90 Å². The zero-order chi connectivity index (χ0) is 20.5. The molecule has 2 heterocycles. The van der Waals surface area contributed by atoms with E-state index in [9.17, 15) is 9.59 Å². The molecule has 1 atom stereocenters. The van der Waals surface area contributed by atoms with Gasteiger partial charge in [-0.05, 0) is 58.2 Å². The minimum absolute atomic E-state index is 0.111. The number of rotatable bonds is 2. The molecule has 0 radical (unpaired) electrons. The summed E-state index contributed by atoms with van der Waals surface area (Å²) in [6.07, 6.45) is 0.400. The van der Waals surface area contributed by atoms with Gasteiger partial charge in [0.15, 0.2) is 0 Å². The van der Waals surface area contributed by atoms with E-state index >= 15 is 0 Å². The molecule has 28 heavy (non-hydrogen) atoms. The molecule has 1 aromatic rings. The SMILES string of the molecule is Cc1cccc(N2CCN(C(=O)C3CCN(C(=O)OC(C)(C)C)C3)CC2)c1C. The number of benzene rings is 1. The fourth-order valence-corrected chi connectivity index (χ4v) is 3.96. The van der Waals surface area contributed by atoms with Crippen molar-refractivity contribution in [3.05, 3.63) is 29.3 Å². The van der Waals surface area contributed by atoms with E-state index in [1.807, 2.05) is 25.7 Å². The van der Waals surface area contributed by atoms with Crippen LogP contribution in [0.15, 0.2) is 18.2 Å². The number of piperazine rings is 1. The van der Waals surface area contributed by atoms with Crippen molar-refractivity contribution < 1.29 is 14.3 Å². The number of carbonyl (C=O) groups excluding carboxylic acids is 2. The van der Waals surface area contributed by atoms with Gasteiger partial charge in [-0.25, -0.2) is 4.79 Å². The van der Waals surface area contributed by atoms with Crippen LogP contribution >= 0.6 is 0 Å². The van der Waals surface area contributed by atoms with Crippen molar-refractivity contribution in [3.8, 4) is 0 Å². The lowest BCUT2D eigenvalue weighted by atomic mass is 10.1. The number of aryl methyl sites for hydroxylation is 1. The van der Waals surface area contributed by atoms with Gasteiger partial charge >= 0.3 is 6.09 Å². The number of hydrogen-bond acceptors (Lipinski definition) is 4. The smallest absolute Gasteiger partial charge is 0.410 e. The van der Waals surface area contributed by atoms with Crippen LogP contribution in [0, 0.1) is 19.8 Å². The molecular weight excluding hydrogens is 354 g/mol. The van der Waals surface area contributed by atoms with Crippen LogP contribution in [0.1, 0.15) is 38.3 Å². The van der Waals surface area contributed by atoms with Crippen molar-refractivity contribution in [1.29, 1.82) is 0 Å². The van der Waals surface area contributed by atoms with Gasteiger partial charge in [-0.1, -0.05) is 12.1 Å². The summed E-state index contributed by atoms with van der Waals surface area (Å²) >= 11 is 0. The molecule has 0 aliphatic carbocycles. The summed E-state index contributed by atoms with van der Waals surface area (Å²) in [4.78, 5) is 31.2. The normalized spacial score (nSPS) is 20.5. The molecule has 1 unspecified atom stereocenters. The number of amides is 2. The van der Waals surface area contributed by atoms with Gasteiger partial charge in [0.25, 0.3) is 0 Å². The van der Waals surface area contributed by atoms with E-state index in [4.69, 9.17) is 4.74 Å². The van der Waals surface area contributed by atoms with Gasteiger partial charge in [-0.3, -0.25) is 4.79 Å². The van der Waals surface area contributed by atoms with Gasteiger partial charge in [0, 0.05) is 45.0 Å². The van der Waals surface area contributed by atoms with E-state index in [-0.39, 0.29) is 17.9 Å². The molecule has 0 bridgehead atoms. The Morgan fingerprint density at radius 1 is 1.00 bits per heavy atom. The molecule has 0 N–H and O–H groups in total. The average molecular weight is 388 g/mol. The number of ether oxygens (including phenoxy) is 1. The molecule has 2 amide bonds. The highest BCUT2D eigenvalue weighted by molar-refractivity contribution is 5.81. The summed E-state index contributed by atoms with van der Waals surface area (Å²) in [5, 5.41) is 0. The Kier molecular flexibility index (Phi) is 5.87. The number of anilines is 1. The predicted octanol–water partition coefficient (Wildman–Crippen LogP) is 3.21. The molecule has 1 aromatic carbocycles. The zero-order valence-corrected chi connectivity index (χ0v) is 17.8. The second-order valence-corrected chi connectivity index (χ2v) is 8.94. The number of carbonyl (C=O) groups is 2. The van der Waals surface area contributed by atoms with Crippen LogP contribution in [0.2, 0.25) is 0 Å². The Morgan fingerprint density at radius 2 is 1.68 bits per heavy atom. The fourth-order valence-electron chi connectivity index (χ4n) is 3.96. The van der Waals surface area contributed by atoms with Gasteiger partial charge in [-0.2, -0.15) is 0 Å². The summed E-state index contributed by atoms with van der Waals surface area (Å²) in [7, 11) is 0. The Hall–Kier alpha value is -2.24. The third-order valence-corrected chi connectivity index (χ3v) is 5.70. The number of hydrogen-bond donors (Lipinski definition) is 0. The largest absolute Gasteiger partial charge is 0.444 e.